The average Bonchev–Trinajstić information content (AvgIpc) is 2.73. The topological polar surface area (TPSA) is 81.5 Å². The molecule has 1 aliphatic heterocycles. The fourth-order valence-corrected chi connectivity index (χ4v) is 2.32. The second kappa shape index (κ2) is 6.51. The van der Waals surface area contributed by atoms with Gasteiger partial charge < -0.3 is 4.74 Å². The molecule has 2 amide bonds. The van der Waals surface area contributed by atoms with Crippen molar-refractivity contribution >= 4 is 17.8 Å². The lowest BCUT2D eigenvalue weighted by atomic mass is 10.2. The number of nitrogens with zero attached hydrogens (tertiary/aromatic N) is 3. The van der Waals surface area contributed by atoms with Gasteiger partial charge in [0.15, 0.2) is 0 Å². The molecule has 1 aromatic rings. The Bertz CT molecular complexity index is 547. The molecule has 0 spiro atoms. The van der Waals surface area contributed by atoms with E-state index in [2.05, 4.69) is 5.10 Å². The monoisotopic (exact) mass is 293 g/mol. The molecule has 0 N–H and O–H groups in total. The first-order chi connectivity index (χ1) is 10.0. The van der Waals surface area contributed by atoms with Gasteiger partial charge in [0.05, 0.1) is 25.0 Å². The highest BCUT2D eigenvalue weighted by molar-refractivity contribution is 5.96. The van der Waals surface area contributed by atoms with Crippen molar-refractivity contribution in [1.29, 1.82) is 0 Å². The third-order valence-corrected chi connectivity index (χ3v) is 3.50. The maximum Gasteiger partial charge on any atom is 0.341 e. The van der Waals surface area contributed by atoms with Gasteiger partial charge in [-0.2, -0.15) is 5.10 Å². The van der Waals surface area contributed by atoms with Gasteiger partial charge in [-0.25, -0.2) is 4.79 Å². The number of esters is 1. The van der Waals surface area contributed by atoms with E-state index in [9.17, 15) is 14.4 Å². The fraction of sp³-hybridized carbons (Fsp3) is 0.571. The maximum atomic E-state index is 12.0. The average molecular weight is 293 g/mol. The number of hydrogen-bond donors (Lipinski definition) is 0. The van der Waals surface area contributed by atoms with Gasteiger partial charge in [-0.3, -0.25) is 19.2 Å². The third kappa shape index (κ3) is 3.29. The summed E-state index contributed by atoms with van der Waals surface area (Å²) in [6, 6.07) is 0. The second-order valence-corrected chi connectivity index (χ2v) is 4.93. The highest BCUT2D eigenvalue weighted by Gasteiger charge is 2.27. The minimum atomic E-state index is -0.490. The Morgan fingerprint density at radius 3 is 2.48 bits per heavy atom. The van der Waals surface area contributed by atoms with Crippen LogP contribution in [0.3, 0.4) is 0 Å². The molecule has 1 aromatic heterocycles. The number of carbonyl (C=O) groups excluding carboxylic acids is 3. The molecule has 1 saturated heterocycles. The summed E-state index contributed by atoms with van der Waals surface area (Å²) >= 11 is 0. The molecule has 0 bridgehead atoms. The number of carbonyl (C=O) groups is 3. The number of aromatic nitrogens is 2. The summed E-state index contributed by atoms with van der Waals surface area (Å²) < 4.78 is 6.47. The van der Waals surface area contributed by atoms with Crippen molar-refractivity contribution in [2.75, 3.05) is 6.61 Å². The van der Waals surface area contributed by atoms with Crippen LogP contribution < -0.4 is 0 Å². The number of hydrogen-bond acceptors (Lipinski definition) is 5. The summed E-state index contributed by atoms with van der Waals surface area (Å²) in [6.45, 7) is 2.03. The molecule has 7 heteroatoms. The van der Waals surface area contributed by atoms with E-state index < -0.39 is 5.97 Å². The van der Waals surface area contributed by atoms with Gasteiger partial charge in [-0.15, -0.1) is 0 Å². The minimum Gasteiger partial charge on any atom is -0.462 e. The highest BCUT2D eigenvalue weighted by atomic mass is 16.5. The van der Waals surface area contributed by atoms with Crippen molar-refractivity contribution in [3.05, 3.63) is 17.5 Å². The summed E-state index contributed by atoms with van der Waals surface area (Å²) in [4.78, 5) is 37.2. The van der Waals surface area contributed by atoms with Gasteiger partial charge in [0.2, 0.25) is 11.8 Å². The van der Waals surface area contributed by atoms with Crippen LogP contribution in [0.2, 0.25) is 0 Å². The molecular weight excluding hydrogens is 274 g/mol. The van der Waals surface area contributed by atoms with Gasteiger partial charge in [0, 0.05) is 19.9 Å². The summed E-state index contributed by atoms with van der Waals surface area (Å²) in [5, 5.41) is 4.03. The standard InChI is InChI=1S/C14H19N3O4/c1-3-21-14(20)10-8-15-16(2)11(10)9-17-12(18)6-4-5-7-13(17)19/h8H,3-7,9H2,1-2H3. The molecule has 2 heterocycles. The van der Waals surface area contributed by atoms with Gasteiger partial charge in [-0.1, -0.05) is 0 Å². The van der Waals surface area contributed by atoms with Crippen LogP contribution in [-0.2, 0) is 27.9 Å². The molecule has 2 rings (SSSR count). The normalized spacial score (nSPS) is 16.0. The number of likely N-dealkylation sites (tertiary alicyclic amines) is 1. The van der Waals surface area contributed by atoms with Crippen molar-refractivity contribution in [3.8, 4) is 0 Å². The summed E-state index contributed by atoms with van der Waals surface area (Å²) in [7, 11) is 1.67. The van der Waals surface area contributed by atoms with E-state index in [4.69, 9.17) is 4.74 Å². The van der Waals surface area contributed by atoms with Crippen LogP contribution in [0.25, 0.3) is 0 Å². The molecule has 114 valence electrons. The first-order valence-corrected chi connectivity index (χ1v) is 7.05. The maximum absolute atomic E-state index is 12.0. The number of imide groups is 1. The van der Waals surface area contributed by atoms with E-state index >= 15 is 0 Å². The molecule has 0 aliphatic carbocycles. The SMILES string of the molecule is CCOC(=O)c1cnn(C)c1CN1C(=O)CCCCC1=O. The van der Waals surface area contributed by atoms with Gasteiger partial charge in [-0.05, 0) is 19.8 Å². The Hall–Kier alpha value is -2.18. The lowest BCUT2D eigenvalue weighted by molar-refractivity contribution is -0.144. The number of rotatable bonds is 4. The van der Waals surface area contributed by atoms with Gasteiger partial charge >= 0.3 is 5.97 Å². The van der Waals surface area contributed by atoms with E-state index in [0.717, 1.165) is 12.8 Å². The zero-order valence-corrected chi connectivity index (χ0v) is 12.3. The van der Waals surface area contributed by atoms with E-state index in [0.29, 0.717) is 24.1 Å². The van der Waals surface area contributed by atoms with E-state index in [1.165, 1.54) is 15.8 Å². The Balaban J connectivity index is 2.25. The zero-order valence-electron chi connectivity index (χ0n) is 12.3. The van der Waals surface area contributed by atoms with Gasteiger partial charge in [0.1, 0.15) is 5.56 Å². The minimum absolute atomic E-state index is 0.0579. The van der Waals surface area contributed by atoms with Crippen molar-refractivity contribution in [2.24, 2.45) is 7.05 Å². The molecule has 0 unspecified atom stereocenters. The Kier molecular flexibility index (Phi) is 4.72. The molecule has 1 aliphatic rings. The Morgan fingerprint density at radius 2 is 1.90 bits per heavy atom. The Morgan fingerprint density at radius 1 is 1.29 bits per heavy atom. The van der Waals surface area contributed by atoms with Crippen molar-refractivity contribution < 1.29 is 19.1 Å². The molecule has 1 fully saturated rings. The van der Waals surface area contributed by atoms with Crippen LogP contribution in [0.4, 0.5) is 0 Å². The number of aryl methyl sites for hydroxylation is 1. The Labute approximate surface area is 122 Å². The molecule has 0 saturated carbocycles. The van der Waals surface area contributed by atoms with E-state index in [1.807, 2.05) is 0 Å². The summed E-state index contributed by atoms with van der Waals surface area (Å²) in [6.07, 6.45) is 3.56. The lowest BCUT2D eigenvalue weighted by Crippen LogP contribution is -2.35. The van der Waals surface area contributed by atoms with Crippen LogP contribution in [0.5, 0.6) is 0 Å². The first kappa shape index (κ1) is 15.2. The molecule has 7 nitrogen and oxygen atoms in total. The van der Waals surface area contributed by atoms with Crippen molar-refractivity contribution in [1.82, 2.24) is 14.7 Å². The van der Waals surface area contributed by atoms with Crippen LogP contribution in [0, 0.1) is 0 Å². The van der Waals surface area contributed by atoms with Crippen molar-refractivity contribution in [2.45, 2.75) is 39.2 Å². The highest BCUT2D eigenvalue weighted by Crippen LogP contribution is 2.18. The van der Waals surface area contributed by atoms with Gasteiger partial charge in [0.25, 0.3) is 0 Å². The number of amides is 2. The number of ether oxygens (including phenoxy) is 1. The van der Waals surface area contributed by atoms with Crippen molar-refractivity contribution in [3.63, 3.8) is 0 Å². The van der Waals surface area contributed by atoms with Crippen LogP contribution >= 0.6 is 0 Å². The molecule has 0 atom stereocenters. The third-order valence-electron chi connectivity index (χ3n) is 3.50. The molecular formula is C14H19N3O4. The quantitative estimate of drug-likeness (QED) is 0.611. The lowest BCUT2D eigenvalue weighted by Gasteiger charge is -2.19. The van der Waals surface area contributed by atoms with E-state index in [1.54, 1.807) is 14.0 Å². The smallest absolute Gasteiger partial charge is 0.341 e. The largest absolute Gasteiger partial charge is 0.462 e. The predicted molar refractivity (Wildman–Crippen MR) is 73.2 cm³/mol. The van der Waals surface area contributed by atoms with E-state index in [-0.39, 0.29) is 25.0 Å². The second-order valence-electron chi connectivity index (χ2n) is 4.93. The molecule has 21 heavy (non-hydrogen) atoms. The zero-order chi connectivity index (χ0) is 15.4. The predicted octanol–water partition coefficient (Wildman–Crippen LogP) is 1.03. The summed E-state index contributed by atoms with van der Waals surface area (Å²) in [5.74, 6) is -0.891. The first-order valence-electron chi connectivity index (χ1n) is 7.05. The molecule has 0 radical (unpaired) electrons. The van der Waals surface area contributed by atoms with Crippen LogP contribution in [-0.4, -0.2) is 39.1 Å². The molecule has 0 aromatic carbocycles. The fourth-order valence-electron chi connectivity index (χ4n) is 2.32. The van der Waals surface area contributed by atoms with Crippen LogP contribution in [0.15, 0.2) is 6.20 Å². The van der Waals surface area contributed by atoms with Crippen LogP contribution in [0.1, 0.15) is 48.7 Å². The summed E-state index contributed by atoms with van der Waals surface area (Å²) in [5.41, 5.74) is 0.807.